The number of ether oxygens (including phenoxy) is 2. The van der Waals surface area contributed by atoms with E-state index in [2.05, 4.69) is 5.32 Å². The van der Waals surface area contributed by atoms with Gasteiger partial charge in [0.2, 0.25) is 0 Å². The second kappa shape index (κ2) is 10.5. The Labute approximate surface area is 226 Å². The van der Waals surface area contributed by atoms with Crippen molar-refractivity contribution in [3.05, 3.63) is 93.9 Å². The van der Waals surface area contributed by atoms with Crippen LogP contribution in [0.3, 0.4) is 0 Å². The highest BCUT2D eigenvalue weighted by Crippen LogP contribution is 2.44. The van der Waals surface area contributed by atoms with Crippen LogP contribution in [-0.2, 0) is 23.9 Å². The Hall–Kier alpha value is -4.15. The van der Waals surface area contributed by atoms with Crippen molar-refractivity contribution in [2.75, 3.05) is 19.0 Å². The molecule has 10 heteroatoms. The van der Waals surface area contributed by atoms with Crippen LogP contribution in [0, 0.1) is 0 Å². The largest absolute Gasteiger partial charge is 0.493 e. The number of nitrogens with one attached hydrogen (secondary N) is 1. The van der Waals surface area contributed by atoms with Gasteiger partial charge >= 0.3 is 12.1 Å². The number of benzene rings is 3. The van der Waals surface area contributed by atoms with Gasteiger partial charge in [0, 0.05) is 34.7 Å². The van der Waals surface area contributed by atoms with Crippen molar-refractivity contribution in [2.45, 2.75) is 19.1 Å². The summed E-state index contributed by atoms with van der Waals surface area (Å²) >= 11 is 1.51. The lowest BCUT2D eigenvalue weighted by atomic mass is 9.91. The lowest BCUT2D eigenvalue weighted by Crippen LogP contribution is -2.15. The number of alkyl halides is 3. The number of carbonyl (C=O) groups is 2. The molecule has 1 aliphatic rings. The topological polar surface area (TPSA) is 90.7 Å². The fourth-order valence-corrected chi connectivity index (χ4v) is 5.46. The molecule has 1 aliphatic heterocycles. The van der Waals surface area contributed by atoms with Gasteiger partial charge in [0.1, 0.15) is 5.75 Å². The second-order valence-corrected chi connectivity index (χ2v) is 9.79. The van der Waals surface area contributed by atoms with Gasteiger partial charge in [-0.1, -0.05) is 18.2 Å². The van der Waals surface area contributed by atoms with Crippen LogP contribution in [0.2, 0.25) is 0 Å². The Kier molecular flexibility index (Phi) is 7.16. The Balaban J connectivity index is 1.70. The summed E-state index contributed by atoms with van der Waals surface area (Å²) in [5.74, 6) is -1.01. The average Bonchev–Trinajstić information content (AvgIpc) is 3.33. The molecule has 0 radical (unpaired) electrons. The molecule has 3 aromatic carbocycles. The summed E-state index contributed by atoms with van der Waals surface area (Å²) in [6, 6.07) is 15.0. The van der Waals surface area contributed by atoms with Crippen molar-refractivity contribution < 1.29 is 32.2 Å². The molecule has 0 aliphatic carbocycles. The van der Waals surface area contributed by atoms with Gasteiger partial charge in [0.05, 0.1) is 24.8 Å². The van der Waals surface area contributed by atoms with E-state index in [9.17, 15) is 22.8 Å². The average molecular weight is 553 g/mol. The second-order valence-electron chi connectivity index (χ2n) is 8.87. The van der Waals surface area contributed by atoms with E-state index in [4.69, 9.17) is 15.2 Å². The van der Waals surface area contributed by atoms with Gasteiger partial charge in [-0.05, 0) is 70.1 Å². The third kappa shape index (κ3) is 5.25. The predicted octanol–water partition coefficient (Wildman–Crippen LogP) is 6.53. The smallest absolute Gasteiger partial charge is 0.416 e. The molecule has 6 nitrogen and oxygen atoms in total. The van der Waals surface area contributed by atoms with E-state index in [0.29, 0.717) is 36.6 Å². The minimum Gasteiger partial charge on any atom is -0.493 e. The van der Waals surface area contributed by atoms with Crippen LogP contribution in [0.25, 0.3) is 21.6 Å². The lowest BCUT2D eigenvalue weighted by molar-refractivity contribution is -0.137. The number of hydrogen-bond donors (Lipinski definition) is 2. The van der Waals surface area contributed by atoms with Crippen molar-refractivity contribution >= 4 is 28.9 Å². The number of anilines is 1. The fraction of sp³-hybridized carbons (Fsp3) is 0.172. The maximum absolute atomic E-state index is 13.7. The van der Waals surface area contributed by atoms with Crippen molar-refractivity contribution in [3.63, 3.8) is 0 Å². The molecule has 200 valence electrons. The summed E-state index contributed by atoms with van der Waals surface area (Å²) in [4.78, 5) is 27.3. The fourth-order valence-electron chi connectivity index (χ4n) is 4.48. The Morgan fingerprint density at radius 3 is 2.46 bits per heavy atom. The summed E-state index contributed by atoms with van der Waals surface area (Å²) < 4.78 is 51.3. The Bertz CT molecular complexity index is 1560. The van der Waals surface area contributed by atoms with Crippen LogP contribution >= 0.6 is 11.3 Å². The van der Waals surface area contributed by atoms with Crippen molar-refractivity contribution in [1.29, 1.82) is 0 Å². The first-order valence-corrected chi connectivity index (χ1v) is 12.9. The zero-order valence-electron chi connectivity index (χ0n) is 20.7. The van der Waals surface area contributed by atoms with Crippen LogP contribution in [0.1, 0.15) is 37.4 Å². The van der Waals surface area contributed by atoms with Crippen LogP contribution in [0.15, 0.2) is 66.0 Å². The van der Waals surface area contributed by atoms with E-state index in [1.54, 1.807) is 36.4 Å². The molecule has 1 aromatic heterocycles. The van der Waals surface area contributed by atoms with Gasteiger partial charge in [0.25, 0.3) is 5.91 Å². The third-order valence-corrected chi connectivity index (χ3v) is 7.46. The zero-order chi connectivity index (χ0) is 27.7. The molecule has 3 N–H and O–H groups in total. The number of carbonyl (C=O) groups excluding carboxylic acids is 2. The number of fused-ring (bicyclic) bond motifs is 3. The number of esters is 1. The first-order chi connectivity index (χ1) is 18.7. The molecule has 1 amide bonds. The number of nitrogens with two attached hydrogens (primary N) is 1. The Morgan fingerprint density at radius 1 is 1.00 bits per heavy atom. The molecule has 0 atom stereocenters. The van der Waals surface area contributed by atoms with E-state index < -0.39 is 23.6 Å². The van der Waals surface area contributed by atoms with Gasteiger partial charge in [-0.25, -0.2) is 4.79 Å². The minimum absolute atomic E-state index is 0.112. The number of halogens is 3. The molecule has 0 spiro atoms. The van der Waals surface area contributed by atoms with E-state index in [-0.39, 0.29) is 22.3 Å². The number of hydrogen-bond acceptors (Lipinski definition) is 6. The quantitative estimate of drug-likeness (QED) is 0.275. The van der Waals surface area contributed by atoms with Crippen molar-refractivity contribution in [3.8, 4) is 27.3 Å². The first-order valence-electron chi connectivity index (χ1n) is 12.0. The summed E-state index contributed by atoms with van der Waals surface area (Å²) in [6.45, 7) is 0.725. The van der Waals surface area contributed by atoms with Gasteiger partial charge in [-0.3, -0.25) is 4.79 Å². The molecule has 0 saturated heterocycles. The molecule has 39 heavy (non-hydrogen) atoms. The van der Waals surface area contributed by atoms with E-state index in [0.717, 1.165) is 35.2 Å². The number of thiophene rings is 1. The predicted molar refractivity (Wildman–Crippen MR) is 143 cm³/mol. The zero-order valence-corrected chi connectivity index (χ0v) is 21.5. The molecule has 5 rings (SSSR count). The van der Waals surface area contributed by atoms with Gasteiger partial charge < -0.3 is 20.5 Å². The molecule has 2 heterocycles. The van der Waals surface area contributed by atoms with Crippen molar-refractivity contribution in [1.82, 2.24) is 0 Å². The number of rotatable bonds is 5. The third-order valence-electron chi connectivity index (χ3n) is 6.47. The molecular formula is C29H23F3N2O4S. The molecule has 0 fully saturated rings. The summed E-state index contributed by atoms with van der Waals surface area (Å²) in [5.41, 5.74) is 7.99. The van der Waals surface area contributed by atoms with Crippen LogP contribution < -0.4 is 15.8 Å². The summed E-state index contributed by atoms with van der Waals surface area (Å²) in [7, 11) is 1.09. The van der Waals surface area contributed by atoms with Gasteiger partial charge in [-0.15, -0.1) is 11.3 Å². The molecule has 0 unspecified atom stereocenters. The SMILES string of the molecule is COC(=O)c1cc(C(F)(F)F)ccc1-c1cc2c(cc1C(=O)Nc1ccc(CN)cc1)-c1sccc1CCO2. The van der Waals surface area contributed by atoms with E-state index >= 15 is 0 Å². The number of amides is 1. The minimum atomic E-state index is -4.68. The van der Waals surface area contributed by atoms with E-state index in [1.165, 1.54) is 17.4 Å². The van der Waals surface area contributed by atoms with Gasteiger partial charge in [0.15, 0.2) is 0 Å². The lowest BCUT2D eigenvalue weighted by Gasteiger charge is -2.18. The highest BCUT2D eigenvalue weighted by Gasteiger charge is 2.33. The first kappa shape index (κ1) is 26.5. The monoisotopic (exact) mass is 552 g/mol. The molecule has 0 bridgehead atoms. The molecule has 0 saturated carbocycles. The van der Waals surface area contributed by atoms with Crippen LogP contribution in [0.5, 0.6) is 5.75 Å². The normalized spacial score (nSPS) is 12.5. The molecule has 4 aromatic rings. The highest BCUT2D eigenvalue weighted by atomic mass is 32.1. The summed E-state index contributed by atoms with van der Waals surface area (Å²) in [6.07, 6.45) is -4.02. The van der Waals surface area contributed by atoms with Crippen LogP contribution in [0.4, 0.5) is 18.9 Å². The van der Waals surface area contributed by atoms with E-state index in [1.807, 2.05) is 11.4 Å². The van der Waals surface area contributed by atoms with Gasteiger partial charge in [-0.2, -0.15) is 13.2 Å². The van der Waals surface area contributed by atoms with Crippen LogP contribution in [-0.4, -0.2) is 25.6 Å². The number of methoxy groups -OCH3 is 1. The maximum atomic E-state index is 13.7. The maximum Gasteiger partial charge on any atom is 0.416 e. The summed E-state index contributed by atoms with van der Waals surface area (Å²) in [5, 5.41) is 4.80. The molecular weight excluding hydrogens is 529 g/mol. The standard InChI is InChI=1S/C29H23F3N2O4S/c1-37-28(36)23-12-18(29(30,31)32)4-7-20(23)21-14-25-24(26-17(8-10-38-25)9-11-39-26)13-22(21)27(35)34-19-5-2-16(15-33)3-6-19/h2-7,9,11-14H,8,10,15,33H2,1H3,(H,34,35). The highest BCUT2D eigenvalue weighted by molar-refractivity contribution is 7.13. The Morgan fingerprint density at radius 2 is 1.77 bits per heavy atom. The van der Waals surface area contributed by atoms with Crippen molar-refractivity contribution in [2.24, 2.45) is 5.73 Å².